The number of anilines is 2. The number of fused-ring (bicyclic) bond motifs is 2. The van der Waals surface area contributed by atoms with Crippen molar-refractivity contribution in [2.45, 2.75) is 75.2 Å². The molecule has 2 atom stereocenters. The third-order valence-corrected chi connectivity index (χ3v) is 12.1. The first-order valence-corrected chi connectivity index (χ1v) is 19.8. The number of nitrogens with one attached hydrogen (secondary N) is 2. The van der Waals surface area contributed by atoms with Crippen LogP contribution in [0.2, 0.25) is 0 Å². The van der Waals surface area contributed by atoms with Crippen molar-refractivity contribution in [2.24, 2.45) is 13.0 Å². The van der Waals surface area contributed by atoms with E-state index in [9.17, 15) is 32.3 Å². The van der Waals surface area contributed by atoms with Gasteiger partial charge in [-0.15, -0.1) is 0 Å². The van der Waals surface area contributed by atoms with Gasteiger partial charge in [0.05, 0.1) is 53.7 Å². The summed E-state index contributed by atoms with van der Waals surface area (Å²) in [6, 6.07) is 9.66. The summed E-state index contributed by atoms with van der Waals surface area (Å²) in [6.45, 7) is 0.282. The number of halogens is 5. The molecule has 14 nitrogen and oxygen atoms in total. The fourth-order valence-corrected chi connectivity index (χ4v) is 9.14. The van der Waals surface area contributed by atoms with Gasteiger partial charge in [0.15, 0.2) is 0 Å². The van der Waals surface area contributed by atoms with Crippen molar-refractivity contribution >= 4 is 51.0 Å². The fourth-order valence-electron chi connectivity index (χ4n) is 9.14. The number of imide groups is 1. The van der Waals surface area contributed by atoms with Crippen LogP contribution in [0.15, 0.2) is 59.5 Å². The van der Waals surface area contributed by atoms with E-state index in [0.29, 0.717) is 40.7 Å². The van der Waals surface area contributed by atoms with Gasteiger partial charge in [0.1, 0.15) is 23.2 Å². The van der Waals surface area contributed by atoms with Gasteiger partial charge in [-0.05, 0) is 81.8 Å². The normalized spacial score (nSPS) is 22.4. The van der Waals surface area contributed by atoms with Crippen LogP contribution in [0.4, 0.5) is 33.3 Å². The maximum absolute atomic E-state index is 16.1. The molecule has 3 aromatic heterocycles. The third-order valence-electron chi connectivity index (χ3n) is 12.1. The minimum absolute atomic E-state index is 0.0468. The molecule has 0 radical (unpaired) electrons. The summed E-state index contributed by atoms with van der Waals surface area (Å²) in [5, 5.41) is 10.3. The predicted octanol–water partition coefficient (Wildman–Crippen LogP) is 5.92. The first kappa shape index (κ1) is 40.9. The fraction of sp³-hybridized carbons (Fsp3) is 0.463. The van der Waals surface area contributed by atoms with Crippen molar-refractivity contribution in [1.82, 2.24) is 34.1 Å². The summed E-state index contributed by atoms with van der Waals surface area (Å²) < 4.78 is 81.9. The van der Waals surface area contributed by atoms with Crippen LogP contribution < -0.4 is 26.0 Å². The number of hydrogen-bond acceptors (Lipinski definition) is 9. The second-order valence-corrected chi connectivity index (χ2v) is 16.0. The summed E-state index contributed by atoms with van der Waals surface area (Å²) in [7, 11) is 4.71. The molecule has 2 aliphatic heterocycles. The number of rotatable bonds is 9. The number of hydrogen-bond donors (Lipinski definition) is 2. The van der Waals surface area contributed by atoms with E-state index in [1.807, 2.05) is 10.9 Å². The van der Waals surface area contributed by atoms with Crippen LogP contribution in [0.1, 0.15) is 73.2 Å². The number of imidazole rings is 1. The lowest BCUT2D eigenvalue weighted by Crippen LogP contribution is -2.58. The van der Waals surface area contributed by atoms with Crippen molar-refractivity contribution < 1.29 is 41.1 Å². The number of pyridine rings is 1. The van der Waals surface area contributed by atoms with Crippen molar-refractivity contribution in [1.29, 1.82) is 0 Å². The number of methoxy groups -OCH3 is 1. The Bertz CT molecular complexity index is 2540. The Morgan fingerprint density at radius 1 is 1.03 bits per heavy atom. The molecule has 0 spiro atoms. The molecule has 2 N–H and O–H groups in total. The lowest BCUT2D eigenvalue weighted by Gasteiger charge is -2.44. The van der Waals surface area contributed by atoms with Crippen LogP contribution in [-0.4, -0.2) is 92.3 Å². The summed E-state index contributed by atoms with van der Waals surface area (Å²) in [4.78, 5) is 57.6. The second-order valence-electron chi connectivity index (χ2n) is 16.0. The van der Waals surface area contributed by atoms with Crippen LogP contribution in [0, 0.1) is 5.92 Å². The van der Waals surface area contributed by atoms with Gasteiger partial charge in [-0.1, -0.05) is 12.1 Å². The van der Waals surface area contributed by atoms with E-state index in [0.717, 1.165) is 37.8 Å². The lowest BCUT2D eigenvalue weighted by molar-refractivity contribution is -0.141. The molecular formula is C41H44F5N9O5. The van der Waals surface area contributed by atoms with Gasteiger partial charge in [0.25, 0.3) is 11.8 Å². The molecular weight excluding hydrogens is 793 g/mol. The highest BCUT2D eigenvalue weighted by molar-refractivity contribution is 6.05. The highest BCUT2D eigenvalue weighted by Crippen LogP contribution is 2.40. The second kappa shape index (κ2) is 15.6. The van der Waals surface area contributed by atoms with Crippen molar-refractivity contribution in [2.75, 3.05) is 44.0 Å². The van der Waals surface area contributed by atoms with Crippen LogP contribution in [-0.2, 0) is 22.8 Å². The van der Waals surface area contributed by atoms with Crippen LogP contribution in [0.3, 0.4) is 0 Å². The zero-order valence-corrected chi connectivity index (χ0v) is 33.1. The zero-order chi connectivity index (χ0) is 42.7. The molecule has 318 valence electrons. The number of aryl methyl sites for hydroxylation is 1. The topological polar surface area (TPSA) is 149 Å². The molecule has 2 saturated heterocycles. The first-order valence-electron chi connectivity index (χ1n) is 19.8. The molecule has 2 unspecified atom stereocenters. The number of carbonyl (C=O) groups is 3. The number of para-hydroxylation sites is 1. The standard InChI is InChI=1S/C41H44F5N9O5/c1-51(34-16-17-53(22-40(34,42)43)29-7-5-8-30-36(29)52(2)39(59)55(30)31-14-15-35(56)49-38(31)58)20-23-10-12-25(13-11-23)54-21-24-18-28(32(60-3)19-27(24)50-54)48-37(57)26-6-4-9-33(47-26)41(44,45)46/h4-9,18-19,21,23,25,31,34H,10-17,20,22H2,1-3H3,(H,48,57)(H,49,56,58)/t23-,25-,31?,34?. The zero-order valence-electron chi connectivity index (χ0n) is 33.1. The number of amides is 3. The number of ether oxygens (including phenoxy) is 1. The Morgan fingerprint density at radius 2 is 1.78 bits per heavy atom. The number of alkyl halides is 5. The predicted molar refractivity (Wildman–Crippen MR) is 211 cm³/mol. The summed E-state index contributed by atoms with van der Waals surface area (Å²) in [5.74, 6) is -4.41. The smallest absolute Gasteiger partial charge is 0.433 e. The van der Waals surface area contributed by atoms with Crippen LogP contribution >= 0.6 is 0 Å². The molecule has 8 rings (SSSR count). The maximum Gasteiger partial charge on any atom is 0.433 e. The number of nitrogens with zero attached hydrogens (tertiary/aromatic N) is 7. The van der Waals surface area contributed by atoms with Gasteiger partial charge >= 0.3 is 11.9 Å². The first-order chi connectivity index (χ1) is 28.5. The monoisotopic (exact) mass is 837 g/mol. The minimum Gasteiger partial charge on any atom is -0.494 e. The summed E-state index contributed by atoms with van der Waals surface area (Å²) in [6.07, 6.45) is 0.728. The molecule has 1 aliphatic carbocycles. The number of aromatic nitrogens is 5. The van der Waals surface area contributed by atoms with Gasteiger partial charge < -0.3 is 15.0 Å². The Kier molecular flexibility index (Phi) is 10.7. The molecule has 1 saturated carbocycles. The Morgan fingerprint density at radius 3 is 2.48 bits per heavy atom. The average Bonchev–Trinajstić information content (AvgIpc) is 3.74. The maximum atomic E-state index is 16.1. The molecule has 60 heavy (non-hydrogen) atoms. The van der Waals surface area contributed by atoms with E-state index in [1.54, 1.807) is 54.2 Å². The Labute approximate surface area is 340 Å². The highest BCUT2D eigenvalue weighted by Gasteiger charge is 2.47. The number of benzene rings is 2. The molecule has 0 bridgehead atoms. The van der Waals surface area contributed by atoms with Crippen LogP contribution in [0.25, 0.3) is 21.9 Å². The van der Waals surface area contributed by atoms with E-state index in [1.165, 1.54) is 22.3 Å². The van der Waals surface area contributed by atoms with E-state index in [4.69, 9.17) is 9.84 Å². The molecule has 2 aromatic carbocycles. The SMILES string of the molecule is COc1cc2nn([C@H]3CC[C@H](CN(C)C4CCN(c5cccc6c5n(C)c(=O)n6C5CCC(=O)NC5=O)CC4(F)F)CC3)cc2cc1NC(=O)c1cccc(C(F)(F)F)n1. The minimum atomic E-state index is -4.70. The lowest BCUT2D eigenvalue weighted by atomic mass is 9.85. The van der Waals surface area contributed by atoms with Gasteiger partial charge in [-0.3, -0.25) is 38.4 Å². The van der Waals surface area contributed by atoms with E-state index in [-0.39, 0.29) is 42.7 Å². The molecule has 5 aromatic rings. The van der Waals surface area contributed by atoms with Gasteiger partial charge in [-0.25, -0.2) is 18.6 Å². The molecule has 3 aliphatic rings. The molecule has 3 fully saturated rings. The van der Waals surface area contributed by atoms with Gasteiger partial charge in [0, 0.05) is 44.2 Å². The van der Waals surface area contributed by atoms with Gasteiger partial charge in [-0.2, -0.15) is 18.3 Å². The van der Waals surface area contributed by atoms with Gasteiger partial charge in [0.2, 0.25) is 11.8 Å². The Balaban J connectivity index is 0.897. The van der Waals surface area contributed by atoms with Crippen LogP contribution in [0.5, 0.6) is 5.75 Å². The van der Waals surface area contributed by atoms with Crippen molar-refractivity contribution in [3.63, 3.8) is 0 Å². The molecule has 5 heterocycles. The number of carbonyl (C=O) groups excluding carboxylic acids is 3. The van der Waals surface area contributed by atoms with Crippen molar-refractivity contribution in [3.8, 4) is 5.75 Å². The number of piperidine rings is 2. The summed E-state index contributed by atoms with van der Waals surface area (Å²) in [5.41, 5.74) is 0.184. The van der Waals surface area contributed by atoms with E-state index in [2.05, 4.69) is 15.6 Å². The largest absolute Gasteiger partial charge is 0.494 e. The Hall–Kier alpha value is -5.85. The van der Waals surface area contributed by atoms with E-state index >= 15 is 8.78 Å². The third kappa shape index (κ3) is 7.70. The van der Waals surface area contributed by atoms with E-state index < -0.39 is 65.5 Å². The molecule has 19 heteroatoms. The molecule has 3 amide bonds. The van der Waals surface area contributed by atoms with Crippen molar-refractivity contribution in [3.05, 3.63) is 76.6 Å². The average molecular weight is 838 g/mol. The highest BCUT2D eigenvalue weighted by atomic mass is 19.4. The summed E-state index contributed by atoms with van der Waals surface area (Å²) >= 11 is 0. The quantitative estimate of drug-likeness (QED) is 0.136.